The van der Waals surface area contributed by atoms with Crippen molar-refractivity contribution in [1.82, 2.24) is 5.32 Å². The second kappa shape index (κ2) is 62.5. The fourth-order valence-electron chi connectivity index (χ4n) is 11.1. The molecule has 3 atom stereocenters. The Labute approximate surface area is 500 Å². The fraction of sp³-hybridized carbons (Fsp3) is 0.930. The van der Waals surface area contributed by atoms with Crippen LogP contribution in [0.2, 0.25) is 0 Å². The number of allylic oxidation sites excluding steroid dienone is 4. The van der Waals surface area contributed by atoms with Gasteiger partial charge in [0.15, 0.2) is 0 Å². The van der Waals surface area contributed by atoms with Crippen molar-refractivity contribution in [2.75, 3.05) is 40.9 Å². The molecule has 9 heteroatoms. The number of nitrogens with zero attached hydrogens (tertiary/aromatic N) is 1. The average molecular weight is 1150 g/mol. The summed E-state index contributed by atoms with van der Waals surface area (Å²) in [6.07, 6.45) is 81.2. The van der Waals surface area contributed by atoms with Gasteiger partial charge in [-0.3, -0.25) is 9.36 Å². The Bertz CT molecular complexity index is 1350. The first-order valence-electron chi connectivity index (χ1n) is 35.7. The zero-order chi connectivity index (χ0) is 58.4. The molecule has 0 aromatic carbocycles. The van der Waals surface area contributed by atoms with E-state index >= 15 is 0 Å². The molecule has 0 aliphatic carbocycles. The van der Waals surface area contributed by atoms with Crippen molar-refractivity contribution in [2.45, 2.75) is 386 Å². The van der Waals surface area contributed by atoms with Gasteiger partial charge in [-0.05, 0) is 44.9 Å². The normalized spacial score (nSPS) is 13.7. The van der Waals surface area contributed by atoms with Crippen LogP contribution in [-0.2, 0) is 18.4 Å². The van der Waals surface area contributed by atoms with E-state index in [-0.39, 0.29) is 19.1 Å². The highest BCUT2D eigenvalue weighted by Gasteiger charge is 2.24. The summed E-state index contributed by atoms with van der Waals surface area (Å²) in [5.74, 6) is -0.156. The van der Waals surface area contributed by atoms with E-state index < -0.39 is 20.0 Å². The maximum atomic E-state index is 13.1. The van der Waals surface area contributed by atoms with Gasteiger partial charge in [-0.2, -0.15) is 0 Å². The number of likely N-dealkylation sites (N-methyl/N-ethyl adjacent to an activating group) is 1. The summed E-state index contributed by atoms with van der Waals surface area (Å²) in [5, 5.41) is 14.1. The van der Waals surface area contributed by atoms with Crippen LogP contribution in [0, 0.1) is 0 Å². The highest BCUT2D eigenvalue weighted by molar-refractivity contribution is 7.45. The molecular formula is C71H141N2O6P. The standard InChI is InChI=1S/C71H141N2O6P/c1-6-8-10-12-14-16-18-20-22-24-26-28-30-32-33-34-35-36-37-38-39-41-43-45-47-49-51-53-55-57-59-61-63-65-71(75)72-69(68-79-80(76,77)78-67-66-73(3,4)5)70(74)64-62-60-58-56-54-52-50-48-46-44-42-40-31-29-27-25-23-21-19-17-15-13-11-9-7-2/h18,20,24,26,69-70,74H,6-17,19,21-23,25,27-68H2,1-5H3,(H-,72,75,76,77)/b20-18-,26-24-. The van der Waals surface area contributed by atoms with Crippen LogP contribution < -0.4 is 10.2 Å². The second-order valence-corrected chi connectivity index (χ2v) is 27.4. The lowest BCUT2D eigenvalue weighted by atomic mass is 10.0. The van der Waals surface area contributed by atoms with Crippen LogP contribution in [0.15, 0.2) is 24.3 Å². The number of hydrogen-bond acceptors (Lipinski definition) is 6. The number of hydrogen-bond donors (Lipinski definition) is 2. The van der Waals surface area contributed by atoms with Crippen molar-refractivity contribution < 1.29 is 32.9 Å². The summed E-state index contributed by atoms with van der Waals surface area (Å²) in [7, 11) is 1.33. The monoisotopic (exact) mass is 1150 g/mol. The molecular weight excluding hydrogens is 1010 g/mol. The van der Waals surface area contributed by atoms with E-state index in [0.29, 0.717) is 23.9 Å². The predicted molar refractivity (Wildman–Crippen MR) is 349 cm³/mol. The lowest BCUT2D eigenvalue weighted by Gasteiger charge is -2.30. The number of unbranched alkanes of at least 4 members (excludes halogenated alkanes) is 50. The first kappa shape index (κ1) is 79.0. The molecule has 0 aliphatic heterocycles. The number of nitrogens with one attached hydrogen (secondary N) is 1. The van der Waals surface area contributed by atoms with Gasteiger partial charge in [0.1, 0.15) is 13.2 Å². The van der Waals surface area contributed by atoms with Crippen LogP contribution in [0.5, 0.6) is 0 Å². The third kappa shape index (κ3) is 64.5. The Morgan fingerprint density at radius 1 is 0.438 bits per heavy atom. The zero-order valence-electron chi connectivity index (χ0n) is 54.6. The molecule has 0 aliphatic rings. The minimum Gasteiger partial charge on any atom is -0.756 e. The summed E-state index contributed by atoms with van der Waals surface area (Å²) < 4.78 is 23.5. The average Bonchev–Trinajstić information content (AvgIpc) is 3.42. The Morgan fingerprint density at radius 3 is 1.04 bits per heavy atom. The predicted octanol–water partition coefficient (Wildman–Crippen LogP) is 22.0. The Balaban J connectivity index is 3.97. The molecule has 2 N–H and O–H groups in total. The molecule has 476 valence electrons. The van der Waals surface area contributed by atoms with Crippen LogP contribution >= 0.6 is 7.82 Å². The van der Waals surface area contributed by atoms with Crippen LogP contribution in [0.1, 0.15) is 373 Å². The van der Waals surface area contributed by atoms with E-state index in [1.54, 1.807) is 0 Å². The number of amides is 1. The molecule has 0 aromatic heterocycles. The van der Waals surface area contributed by atoms with Crippen LogP contribution in [0.4, 0.5) is 0 Å². The summed E-state index contributed by atoms with van der Waals surface area (Å²) in [6, 6.07) is -0.799. The smallest absolute Gasteiger partial charge is 0.268 e. The van der Waals surface area contributed by atoms with Crippen molar-refractivity contribution in [3.8, 4) is 0 Å². The maximum Gasteiger partial charge on any atom is 0.268 e. The van der Waals surface area contributed by atoms with Crippen LogP contribution in [0.25, 0.3) is 0 Å². The van der Waals surface area contributed by atoms with Gasteiger partial charge in [0.2, 0.25) is 5.91 Å². The number of carbonyl (C=O) groups is 1. The van der Waals surface area contributed by atoms with Crippen LogP contribution in [-0.4, -0.2) is 68.5 Å². The van der Waals surface area contributed by atoms with E-state index in [4.69, 9.17) is 9.05 Å². The van der Waals surface area contributed by atoms with Crippen molar-refractivity contribution >= 4 is 13.7 Å². The largest absolute Gasteiger partial charge is 0.756 e. The summed E-state index contributed by atoms with van der Waals surface area (Å²) in [6.45, 7) is 4.78. The molecule has 1 amide bonds. The lowest BCUT2D eigenvalue weighted by Crippen LogP contribution is -2.46. The number of carbonyl (C=O) groups excluding carboxylic acids is 1. The lowest BCUT2D eigenvalue weighted by molar-refractivity contribution is -0.870. The molecule has 0 heterocycles. The third-order valence-electron chi connectivity index (χ3n) is 16.7. The first-order valence-corrected chi connectivity index (χ1v) is 37.1. The van der Waals surface area contributed by atoms with Gasteiger partial charge >= 0.3 is 0 Å². The molecule has 0 rings (SSSR count). The Hall–Kier alpha value is -1.02. The van der Waals surface area contributed by atoms with E-state index in [2.05, 4.69) is 43.5 Å². The highest BCUT2D eigenvalue weighted by Crippen LogP contribution is 2.38. The van der Waals surface area contributed by atoms with Gasteiger partial charge in [0.05, 0.1) is 39.9 Å². The zero-order valence-corrected chi connectivity index (χ0v) is 55.5. The van der Waals surface area contributed by atoms with E-state index in [1.165, 1.54) is 302 Å². The molecule has 0 saturated carbocycles. The van der Waals surface area contributed by atoms with Gasteiger partial charge in [0, 0.05) is 6.42 Å². The molecule has 0 aromatic rings. The van der Waals surface area contributed by atoms with Gasteiger partial charge in [-0.15, -0.1) is 0 Å². The number of quaternary nitrogens is 1. The van der Waals surface area contributed by atoms with Crippen molar-refractivity contribution in [3.63, 3.8) is 0 Å². The molecule has 0 fully saturated rings. The van der Waals surface area contributed by atoms with Gasteiger partial charge in [-0.1, -0.05) is 346 Å². The number of phosphoric ester groups is 1. The molecule has 8 nitrogen and oxygen atoms in total. The van der Waals surface area contributed by atoms with Crippen molar-refractivity contribution in [1.29, 1.82) is 0 Å². The Morgan fingerprint density at radius 2 is 0.725 bits per heavy atom. The molecule has 3 unspecified atom stereocenters. The van der Waals surface area contributed by atoms with Gasteiger partial charge < -0.3 is 28.8 Å². The third-order valence-corrected chi connectivity index (χ3v) is 17.7. The first-order chi connectivity index (χ1) is 39.0. The fourth-order valence-corrected chi connectivity index (χ4v) is 11.9. The summed E-state index contributed by atoms with van der Waals surface area (Å²) in [4.78, 5) is 25.7. The summed E-state index contributed by atoms with van der Waals surface area (Å²) in [5.41, 5.74) is 0. The van der Waals surface area contributed by atoms with Crippen LogP contribution in [0.3, 0.4) is 0 Å². The van der Waals surface area contributed by atoms with E-state index in [1.807, 2.05) is 21.1 Å². The number of aliphatic hydroxyl groups excluding tert-OH is 1. The molecule has 0 saturated heterocycles. The number of aliphatic hydroxyl groups is 1. The van der Waals surface area contributed by atoms with Crippen molar-refractivity contribution in [2.24, 2.45) is 0 Å². The van der Waals surface area contributed by atoms with Gasteiger partial charge in [-0.25, -0.2) is 0 Å². The highest BCUT2D eigenvalue weighted by atomic mass is 31.2. The maximum absolute atomic E-state index is 13.1. The van der Waals surface area contributed by atoms with E-state index in [9.17, 15) is 19.4 Å². The minimum atomic E-state index is -4.58. The van der Waals surface area contributed by atoms with E-state index in [0.717, 1.165) is 44.9 Å². The second-order valence-electron chi connectivity index (χ2n) is 26.0. The molecule has 80 heavy (non-hydrogen) atoms. The molecule has 0 radical (unpaired) electrons. The molecule has 0 spiro atoms. The van der Waals surface area contributed by atoms with Gasteiger partial charge in [0.25, 0.3) is 7.82 Å². The quantitative estimate of drug-likeness (QED) is 0.0272. The minimum absolute atomic E-state index is 0.0153. The summed E-state index contributed by atoms with van der Waals surface area (Å²) >= 11 is 0. The van der Waals surface area contributed by atoms with Crippen molar-refractivity contribution in [3.05, 3.63) is 24.3 Å². The molecule has 0 bridgehead atoms. The number of rotatable bonds is 67. The number of phosphoric acid groups is 1. The topological polar surface area (TPSA) is 108 Å². The Kier molecular flexibility index (Phi) is 61.7. The SMILES string of the molecule is CCCCCCC/C=C\C/C=C\CCCCCCCCCCCCCCCCCCCCCCCC(=O)NC(COP(=O)([O-])OCC[N+](C)(C)C)C(O)CCCCCCCCCCCCCCCCCCCCCCCCCCC.